The van der Waals surface area contributed by atoms with E-state index in [-0.39, 0.29) is 0 Å². The molecular formula is C12H26N2. The molecule has 2 nitrogen and oxygen atoms in total. The van der Waals surface area contributed by atoms with Crippen LogP contribution in [-0.2, 0) is 0 Å². The van der Waals surface area contributed by atoms with Crippen molar-refractivity contribution in [3.05, 3.63) is 0 Å². The highest BCUT2D eigenvalue weighted by Crippen LogP contribution is 2.20. The van der Waals surface area contributed by atoms with Gasteiger partial charge in [0.2, 0.25) is 0 Å². The topological polar surface area (TPSA) is 15.3 Å². The SMILES string of the molecule is CCNCC(C)CN1CCCC1CC. The lowest BCUT2D eigenvalue weighted by atomic mass is 10.1. The van der Waals surface area contributed by atoms with Crippen LogP contribution in [0.15, 0.2) is 0 Å². The van der Waals surface area contributed by atoms with E-state index in [4.69, 9.17) is 0 Å². The Morgan fingerprint density at radius 3 is 2.86 bits per heavy atom. The molecule has 2 atom stereocenters. The standard InChI is InChI=1S/C12H26N2/c1-4-12-7-6-8-14(12)10-11(3)9-13-5-2/h11-13H,4-10H2,1-3H3. The Labute approximate surface area is 89.1 Å². The molecule has 1 aliphatic heterocycles. The smallest absolute Gasteiger partial charge is 0.00932 e. The molecule has 1 aliphatic rings. The van der Waals surface area contributed by atoms with Crippen molar-refractivity contribution >= 4 is 0 Å². The van der Waals surface area contributed by atoms with Crippen LogP contribution in [0.3, 0.4) is 0 Å². The molecule has 0 radical (unpaired) electrons. The molecule has 0 aromatic heterocycles. The van der Waals surface area contributed by atoms with Gasteiger partial charge in [-0.3, -0.25) is 0 Å². The molecule has 0 aromatic rings. The third kappa shape index (κ3) is 3.58. The van der Waals surface area contributed by atoms with Crippen LogP contribution in [0, 0.1) is 5.92 Å². The minimum atomic E-state index is 0.794. The first kappa shape index (κ1) is 12.0. The molecule has 0 aliphatic carbocycles. The molecule has 84 valence electrons. The van der Waals surface area contributed by atoms with Gasteiger partial charge in [-0.2, -0.15) is 0 Å². The second kappa shape index (κ2) is 6.41. The average molecular weight is 198 g/mol. The molecule has 14 heavy (non-hydrogen) atoms. The molecule has 0 saturated carbocycles. The summed E-state index contributed by atoms with van der Waals surface area (Å²) in [6.45, 7) is 11.7. The number of hydrogen-bond donors (Lipinski definition) is 1. The summed E-state index contributed by atoms with van der Waals surface area (Å²) in [5.74, 6) is 0.794. The van der Waals surface area contributed by atoms with E-state index in [0.717, 1.165) is 18.5 Å². The lowest BCUT2D eigenvalue weighted by Gasteiger charge is -2.26. The molecule has 2 heteroatoms. The fourth-order valence-electron chi connectivity index (χ4n) is 2.45. The molecule has 1 rings (SSSR count). The number of likely N-dealkylation sites (tertiary alicyclic amines) is 1. The Bertz CT molecular complexity index is 147. The Hall–Kier alpha value is -0.0800. The van der Waals surface area contributed by atoms with E-state index < -0.39 is 0 Å². The van der Waals surface area contributed by atoms with Crippen molar-refractivity contribution in [2.45, 2.75) is 46.1 Å². The third-order valence-electron chi connectivity index (χ3n) is 3.26. The second-order valence-corrected chi connectivity index (χ2v) is 4.61. The lowest BCUT2D eigenvalue weighted by molar-refractivity contribution is 0.214. The zero-order valence-electron chi connectivity index (χ0n) is 10.1. The first-order chi connectivity index (χ1) is 6.77. The van der Waals surface area contributed by atoms with E-state index in [0.29, 0.717) is 0 Å². The van der Waals surface area contributed by atoms with Crippen LogP contribution in [0.5, 0.6) is 0 Å². The number of hydrogen-bond acceptors (Lipinski definition) is 2. The summed E-state index contributed by atoms with van der Waals surface area (Å²) in [6.07, 6.45) is 4.16. The van der Waals surface area contributed by atoms with E-state index in [2.05, 4.69) is 31.0 Å². The summed E-state index contributed by atoms with van der Waals surface area (Å²) >= 11 is 0. The Morgan fingerprint density at radius 1 is 1.43 bits per heavy atom. The van der Waals surface area contributed by atoms with E-state index in [1.165, 1.54) is 38.9 Å². The number of rotatable bonds is 6. The number of nitrogens with one attached hydrogen (secondary N) is 1. The van der Waals surface area contributed by atoms with Crippen LogP contribution >= 0.6 is 0 Å². The summed E-state index contributed by atoms with van der Waals surface area (Å²) in [7, 11) is 0. The van der Waals surface area contributed by atoms with Crippen molar-refractivity contribution in [1.29, 1.82) is 0 Å². The van der Waals surface area contributed by atoms with Crippen molar-refractivity contribution in [3.63, 3.8) is 0 Å². The summed E-state index contributed by atoms with van der Waals surface area (Å²) in [5, 5.41) is 3.43. The van der Waals surface area contributed by atoms with Gasteiger partial charge in [0.1, 0.15) is 0 Å². The van der Waals surface area contributed by atoms with Crippen molar-refractivity contribution in [2.24, 2.45) is 5.92 Å². The monoisotopic (exact) mass is 198 g/mol. The van der Waals surface area contributed by atoms with Gasteiger partial charge in [0.15, 0.2) is 0 Å². The minimum absolute atomic E-state index is 0.794. The van der Waals surface area contributed by atoms with Gasteiger partial charge in [0, 0.05) is 12.6 Å². The maximum Gasteiger partial charge on any atom is 0.00932 e. The molecule has 1 heterocycles. The molecule has 0 bridgehead atoms. The highest BCUT2D eigenvalue weighted by atomic mass is 15.2. The molecule has 2 unspecified atom stereocenters. The van der Waals surface area contributed by atoms with Gasteiger partial charge in [-0.15, -0.1) is 0 Å². The predicted molar refractivity (Wildman–Crippen MR) is 62.6 cm³/mol. The van der Waals surface area contributed by atoms with E-state index >= 15 is 0 Å². The van der Waals surface area contributed by atoms with Crippen LogP contribution in [0.1, 0.15) is 40.0 Å². The molecule has 1 saturated heterocycles. The maximum atomic E-state index is 3.43. The van der Waals surface area contributed by atoms with Crippen molar-refractivity contribution in [2.75, 3.05) is 26.2 Å². The summed E-state index contributed by atoms with van der Waals surface area (Å²) in [4.78, 5) is 2.68. The molecule has 0 aromatic carbocycles. The Kier molecular flexibility index (Phi) is 5.49. The van der Waals surface area contributed by atoms with Crippen molar-refractivity contribution in [1.82, 2.24) is 10.2 Å². The molecule has 0 spiro atoms. The maximum absolute atomic E-state index is 3.43. The minimum Gasteiger partial charge on any atom is -0.317 e. The molecule has 1 N–H and O–H groups in total. The van der Waals surface area contributed by atoms with E-state index in [1.54, 1.807) is 0 Å². The van der Waals surface area contributed by atoms with Gasteiger partial charge in [0.05, 0.1) is 0 Å². The number of nitrogens with zero attached hydrogens (tertiary/aromatic N) is 1. The zero-order valence-corrected chi connectivity index (χ0v) is 10.1. The van der Waals surface area contributed by atoms with Crippen molar-refractivity contribution < 1.29 is 0 Å². The molecular weight excluding hydrogens is 172 g/mol. The van der Waals surface area contributed by atoms with E-state index in [9.17, 15) is 0 Å². The van der Waals surface area contributed by atoms with Gasteiger partial charge in [-0.1, -0.05) is 20.8 Å². The van der Waals surface area contributed by atoms with Gasteiger partial charge in [-0.05, 0) is 44.8 Å². The largest absolute Gasteiger partial charge is 0.317 e. The van der Waals surface area contributed by atoms with Crippen LogP contribution < -0.4 is 5.32 Å². The van der Waals surface area contributed by atoms with Crippen LogP contribution in [-0.4, -0.2) is 37.1 Å². The average Bonchev–Trinajstić information content (AvgIpc) is 2.62. The van der Waals surface area contributed by atoms with Crippen molar-refractivity contribution in [3.8, 4) is 0 Å². The fourth-order valence-corrected chi connectivity index (χ4v) is 2.45. The van der Waals surface area contributed by atoms with Gasteiger partial charge >= 0.3 is 0 Å². The zero-order chi connectivity index (χ0) is 10.4. The van der Waals surface area contributed by atoms with Gasteiger partial charge in [-0.25, -0.2) is 0 Å². The molecule has 1 fully saturated rings. The van der Waals surface area contributed by atoms with E-state index in [1.807, 2.05) is 0 Å². The highest BCUT2D eigenvalue weighted by Gasteiger charge is 2.23. The Morgan fingerprint density at radius 2 is 2.21 bits per heavy atom. The normalized spacial score (nSPS) is 25.5. The molecule has 0 amide bonds. The van der Waals surface area contributed by atoms with Gasteiger partial charge in [0.25, 0.3) is 0 Å². The summed E-state index contributed by atoms with van der Waals surface area (Å²) < 4.78 is 0. The fraction of sp³-hybridized carbons (Fsp3) is 1.00. The third-order valence-corrected chi connectivity index (χ3v) is 3.26. The predicted octanol–water partition coefficient (Wildman–Crippen LogP) is 2.11. The Balaban J connectivity index is 2.21. The van der Waals surface area contributed by atoms with Crippen LogP contribution in [0.2, 0.25) is 0 Å². The quantitative estimate of drug-likeness (QED) is 0.703. The lowest BCUT2D eigenvalue weighted by Crippen LogP contribution is -2.36. The van der Waals surface area contributed by atoms with Crippen LogP contribution in [0.25, 0.3) is 0 Å². The van der Waals surface area contributed by atoms with Crippen LogP contribution in [0.4, 0.5) is 0 Å². The second-order valence-electron chi connectivity index (χ2n) is 4.61. The van der Waals surface area contributed by atoms with Gasteiger partial charge < -0.3 is 10.2 Å². The summed E-state index contributed by atoms with van der Waals surface area (Å²) in [6, 6.07) is 0.874. The summed E-state index contributed by atoms with van der Waals surface area (Å²) in [5.41, 5.74) is 0. The first-order valence-corrected chi connectivity index (χ1v) is 6.22. The first-order valence-electron chi connectivity index (χ1n) is 6.22. The highest BCUT2D eigenvalue weighted by molar-refractivity contribution is 4.79.